The molecule has 1 aromatic heterocycles. The Morgan fingerprint density at radius 2 is 1.97 bits per heavy atom. The van der Waals surface area contributed by atoms with Crippen LogP contribution < -0.4 is 10.1 Å². The maximum Gasteiger partial charge on any atom is 0.234 e. The van der Waals surface area contributed by atoms with Gasteiger partial charge in [-0.1, -0.05) is 49.3 Å². The fourth-order valence-corrected chi connectivity index (χ4v) is 4.17. The minimum Gasteiger partial charge on any atom is -0.486 e. The first-order valence-electron chi connectivity index (χ1n) is 9.90. The number of amides is 1. The van der Waals surface area contributed by atoms with E-state index in [0.717, 1.165) is 16.0 Å². The van der Waals surface area contributed by atoms with Gasteiger partial charge in [-0.15, -0.1) is 10.2 Å². The van der Waals surface area contributed by atoms with Gasteiger partial charge in [0, 0.05) is 16.7 Å². The Kier molecular flexibility index (Phi) is 8.40. The first kappa shape index (κ1) is 23.6. The number of rotatable bonds is 9. The summed E-state index contributed by atoms with van der Waals surface area (Å²) in [5, 5.41) is 12.6. The van der Waals surface area contributed by atoms with E-state index in [9.17, 15) is 4.79 Å². The van der Waals surface area contributed by atoms with Gasteiger partial charge < -0.3 is 14.6 Å². The molecule has 0 atom stereocenters. The molecular weight excluding hydrogens is 500 g/mol. The Bertz CT molecular complexity index is 1040. The molecule has 2 aromatic carbocycles. The van der Waals surface area contributed by atoms with Gasteiger partial charge in [-0.05, 0) is 64.7 Å². The molecule has 6 nitrogen and oxygen atoms in total. The molecule has 0 unspecified atom stereocenters. The summed E-state index contributed by atoms with van der Waals surface area (Å²) in [7, 11) is 0. The number of aromatic nitrogens is 3. The molecule has 0 aliphatic rings. The van der Waals surface area contributed by atoms with Crippen molar-refractivity contribution in [1.82, 2.24) is 14.8 Å². The zero-order valence-corrected chi connectivity index (χ0v) is 20.7. The highest BCUT2D eigenvalue weighted by molar-refractivity contribution is 9.10. The average molecular weight is 524 g/mol. The van der Waals surface area contributed by atoms with Gasteiger partial charge in [0.1, 0.15) is 12.4 Å². The lowest BCUT2D eigenvalue weighted by atomic mass is 10.0. The van der Waals surface area contributed by atoms with Gasteiger partial charge in [-0.25, -0.2) is 0 Å². The molecule has 0 spiro atoms. The Morgan fingerprint density at radius 1 is 1.23 bits per heavy atom. The third-order valence-corrected chi connectivity index (χ3v) is 6.74. The van der Waals surface area contributed by atoms with Crippen LogP contribution in [0.3, 0.4) is 0 Å². The number of halogens is 2. The SMILES string of the molecule is CCn1c(COc2ccc(C(C)C)cc2)nnc1SCC(=O)Nc1ccc(Cl)c(Br)c1. The summed E-state index contributed by atoms with van der Waals surface area (Å²) in [6.45, 7) is 7.33. The second kappa shape index (κ2) is 11.0. The molecule has 0 saturated carbocycles. The van der Waals surface area contributed by atoms with Crippen molar-refractivity contribution in [3.05, 3.63) is 63.3 Å². The third-order valence-electron chi connectivity index (χ3n) is 4.56. The van der Waals surface area contributed by atoms with E-state index >= 15 is 0 Å². The molecule has 1 amide bonds. The monoisotopic (exact) mass is 522 g/mol. The van der Waals surface area contributed by atoms with Gasteiger partial charge in [0.15, 0.2) is 11.0 Å². The molecule has 1 N–H and O–H groups in total. The Balaban J connectivity index is 1.56. The van der Waals surface area contributed by atoms with Crippen LogP contribution >= 0.6 is 39.3 Å². The van der Waals surface area contributed by atoms with Gasteiger partial charge >= 0.3 is 0 Å². The molecule has 31 heavy (non-hydrogen) atoms. The van der Waals surface area contributed by atoms with E-state index in [1.54, 1.807) is 18.2 Å². The summed E-state index contributed by atoms with van der Waals surface area (Å²) in [4.78, 5) is 12.3. The van der Waals surface area contributed by atoms with E-state index in [2.05, 4.69) is 57.4 Å². The second-order valence-electron chi connectivity index (χ2n) is 7.12. The largest absolute Gasteiger partial charge is 0.486 e. The Hall–Kier alpha value is -2.03. The normalized spacial score (nSPS) is 11.0. The second-order valence-corrected chi connectivity index (χ2v) is 9.33. The van der Waals surface area contributed by atoms with Crippen LogP contribution in [0.4, 0.5) is 5.69 Å². The molecule has 0 saturated heterocycles. The van der Waals surface area contributed by atoms with Crippen molar-refractivity contribution >= 4 is 50.9 Å². The molecule has 1 heterocycles. The van der Waals surface area contributed by atoms with Crippen molar-refractivity contribution < 1.29 is 9.53 Å². The van der Waals surface area contributed by atoms with Crippen LogP contribution in [0.5, 0.6) is 5.75 Å². The lowest BCUT2D eigenvalue weighted by molar-refractivity contribution is -0.113. The predicted octanol–water partition coefficient (Wildman–Crippen LogP) is 6.15. The minimum atomic E-state index is -0.132. The maximum absolute atomic E-state index is 12.3. The van der Waals surface area contributed by atoms with Gasteiger partial charge in [0.2, 0.25) is 5.91 Å². The molecule has 0 radical (unpaired) electrons. The van der Waals surface area contributed by atoms with Crippen molar-refractivity contribution in [3.8, 4) is 5.75 Å². The smallest absolute Gasteiger partial charge is 0.234 e. The number of benzene rings is 2. The maximum atomic E-state index is 12.3. The fraction of sp³-hybridized carbons (Fsp3) is 0.318. The van der Waals surface area contributed by atoms with Gasteiger partial charge in [-0.3, -0.25) is 4.79 Å². The van der Waals surface area contributed by atoms with Crippen LogP contribution in [0.2, 0.25) is 5.02 Å². The standard InChI is InChI=1S/C22H24BrClN4O2S/c1-4-28-20(12-30-17-8-5-15(6-9-17)14(2)3)26-27-22(28)31-13-21(29)25-16-7-10-19(24)18(23)11-16/h5-11,14H,4,12-13H2,1-3H3,(H,25,29). The molecular formula is C22H24BrClN4O2S. The number of carbonyl (C=O) groups is 1. The van der Waals surface area contributed by atoms with E-state index in [1.807, 2.05) is 23.6 Å². The number of hydrogen-bond acceptors (Lipinski definition) is 5. The highest BCUT2D eigenvalue weighted by Crippen LogP contribution is 2.26. The Labute approximate surface area is 199 Å². The van der Waals surface area contributed by atoms with Gasteiger partial charge in [-0.2, -0.15) is 0 Å². The summed E-state index contributed by atoms with van der Waals surface area (Å²) < 4.78 is 8.57. The molecule has 3 aromatic rings. The number of nitrogens with one attached hydrogen (secondary N) is 1. The number of ether oxygens (including phenoxy) is 1. The predicted molar refractivity (Wildman–Crippen MR) is 129 cm³/mol. The van der Waals surface area contributed by atoms with Crippen LogP contribution in [-0.4, -0.2) is 26.4 Å². The quantitative estimate of drug-likeness (QED) is 0.341. The van der Waals surface area contributed by atoms with E-state index in [-0.39, 0.29) is 11.7 Å². The molecule has 164 valence electrons. The molecule has 0 aliphatic carbocycles. The topological polar surface area (TPSA) is 69.0 Å². The summed E-state index contributed by atoms with van der Waals surface area (Å²) in [6.07, 6.45) is 0. The van der Waals surface area contributed by atoms with Crippen LogP contribution in [0, 0.1) is 0 Å². The first-order valence-corrected chi connectivity index (χ1v) is 12.1. The third kappa shape index (κ3) is 6.48. The molecule has 0 fully saturated rings. The van der Waals surface area contributed by atoms with E-state index < -0.39 is 0 Å². The summed E-state index contributed by atoms with van der Waals surface area (Å²) in [5.74, 6) is 2.08. The summed E-state index contributed by atoms with van der Waals surface area (Å²) >= 11 is 10.7. The van der Waals surface area contributed by atoms with Crippen molar-refractivity contribution in [2.24, 2.45) is 0 Å². The van der Waals surface area contributed by atoms with E-state index in [0.29, 0.717) is 34.9 Å². The first-order chi connectivity index (χ1) is 14.9. The van der Waals surface area contributed by atoms with Crippen molar-refractivity contribution in [2.45, 2.75) is 45.0 Å². The number of thioether (sulfide) groups is 1. The Morgan fingerprint density at radius 3 is 2.61 bits per heavy atom. The van der Waals surface area contributed by atoms with Crippen LogP contribution in [0.15, 0.2) is 52.1 Å². The number of carbonyl (C=O) groups excluding carboxylic acids is 1. The zero-order valence-electron chi connectivity index (χ0n) is 17.6. The van der Waals surface area contributed by atoms with Crippen molar-refractivity contribution in [2.75, 3.05) is 11.1 Å². The molecule has 0 aliphatic heterocycles. The molecule has 9 heteroatoms. The number of anilines is 1. The molecule has 0 bridgehead atoms. The van der Waals surface area contributed by atoms with Gasteiger partial charge in [0.05, 0.1) is 10.8 Å². The lowest BCUT2D eigenvalue weighted by Crippen LogP contribution is -2.15. The van der Waals surface area contributed by atoms with E-state index in [4.69, 9.17) is 16.3 Å². The zero-order chi connectivity index (χ0) is 22.4. The van der Waals surface area contributed by atoms with Crippen molar-refractivity contribution in [3.63, 3.8) is 0 Å². The summed E-state index contributed by atoms with van der Waals surface area (Å²) in [6, 6.07) is 13.3. The highest BCUT2D eigenvalue weighted by atomic mass is 79.9. The van der Waals surface area contributed by atoms with Gasteiger partial charge in [0.25, 0.3) is 0 Å². The lowest BCUT2D eigenvalue weighted by Gasteiger charge is -2.10. The minimum absolute atomic E-state index is 0.132. The number of hydrogen-bond donors (Lipinski definition) is 1. The fourth-order valence-electron chi connectivity index (χ4n) is 2.85. The van der Waals surface area contributed by atoms with Crippen LogP contribution in [0.25, 0.3) is 0 Å². The summed E-state index contributed by atoms with van der Waals surface area (Å²) in [5.41, 5.74) is 1.95. The van der Waals surface area contributed by atoms with Crippen molar-refractivity contribution in [1.29, 1.82) is 0 Å². The van der Waals surface area contributed by atoms with Crippen LogP contribution in [-0.2, 0) is 17.9 Å². The van der Waals surface area contributed by atoms with Crippen LogP contribution in [0.1, 0.15) is 38.1 Å². The molecule has 3 rings (SSSR count). The van der Waals surface area contributed by atoms with E-state index in [1.165, 1.54) is 17.3 Å². The number of nitrogens with zero attached hydrogens (tertiary/aromatic N) is 3. The average Bonchev–Trinajstić information content (AvgIpc) is 3.15. The highest BCUT2D eigenvalue weighted by Gasteiger charge is 2.14.